The van der Waals surface area contributed by atoms with Crippen LogP contribution in [-0.4, -0.2) is 6.21 Å². The first-order valence-electron chi connectivity index (χ1n) is 9.44. The third-order valence-corrected chi connectivity index (χ3v) is 4.68. The summed E-state index contributed by atoms with van der Waals surface area (Å²) in [7, 11) is 0. The minimum Gasteiger partial charge on any atom is -0.488 e. The van der Waals surface area contributed by atoms with Crippen molar-refractivity contribution >= 4 is 22.7 Å². The molecule has 0 heterocycles. The molecule has 0 amide bonds. The lowest BCUT2D eigenvalue weighted by molar-refractivity contribution is 0.306. The Balaban J connectivity index is 1.60. The van der Waals surface area contributed by atoms with E-state index in [4.69, 9.17) is 4.74 Å². The summed E-state index contributed by atoms with van der Waals surface area (Å²) in [5.41, 5.74) is 6.98. The first-order valence-corrected chi connectivity index (χ1v) is 9.44. The van der Waals surface area contributed by atoms with Crippen LogP contribution in [-0.2, 0) is 6.61 Å². The SMILES string of the molecule is Cc1ccc(NN=Cc2c(OCc3ccc(F)cc3)ccc3ccccc23)cc1. The molecule has 0 spiro atoms. The number of aryl methyl sites for hydroxylation is 1. The Hall–Kier alpha value is -3.66. The molecule has 0 saturated carbocycles. The van der Waals surface area contributed by atoms with Crippen LogP contribution in [0.4, 0.5) is 10.1 Å². The molecule has 0 fully saturated rings. The second-order valence-corrected chi connectivity index (χ2v) is 6.85. The first kappa shape index (κ1) is 18.7. The van der Waals surface area contributed by atoms with Gasteiger partial charge in [-0.05, 0) is 53.6 Å². The zero-order chi connectivity index (χ0) is 20.1. The topological polar surface area (TPSA) is 33.6 Å². The lowest BCUT2D eigenvalue weighted by atomic mass is 10.0. The van der Waals surface area contributed by atoms with E-state index in [2.05, 4.69) is 16.6 Å². The molecule has 0 aromatic heterocycles. The van der Waals surface area contributed by atoms with Gasteiger partial charge < -0.3 is 4.74 Å². The molecule has 0 aliphatic rings. The van der Waals surface area contributed by atoms with Gasteiger partial charge >= 0.3 is 0 Å². The molecule has 4 rings (SSSR count). The van der Waals surface area contributed by atoms with E-state index in [9.17, 15) is 4.39 Å². The largest absolute Gasteiger partial charge is 0.488 e. The van der Waals surface area contributed by atoms with Gasteiger partial charge in [-0.3, -0.25) is 5.43 Å². The number of nitrogens with zero attached hydrogens (tertiary/aromatic N) is 1. The number of ether oxygens (including phenoxy) is 1. The number of halogens is 1. The molecule has 4 aromatic rings. The van der Waals surface area contributed by atoms with Crippen molar-refractivity contribution in [3.63, 3.8) is 0 Å². The summed E-state index contributed by atoms with van der Waals surface area (Å²) < 4.78 is 19.2. The molecule has 29 heavy (non-hydrogen) atoms. The highest BCUT2D eigenvalue weighted by atomic mass is 19.1. The molecular formula is C25H21FN2O. The maximum Gasteiger partial charge on any atom is 0.129 e. The van der Waals surface area contributed by atoms with Gasteiger partial charge in [-0.2, -0.15) is 5.10 Å². The molecule has 1 N–H and O–H groups in total. The fourth-order valence-electron chi connectivity index (χ4n) is 3.08. The van der Waals surface area contributed by atoms with E-state index in [1.807, 2.05) is 61.5 Å². The van der Waals surface area contributed by atoms with Crippen LogP contribution in [0.3, 0.4) is 0 Å². The second-order valence-electron chi connectivity index (χ2n) is 6.85. The summed E-state index contributed by atoms with van der Waals surface area (Å²) >= 11 is 0. The van der Waals surface area contributed by atoms with Gasteiger partial charge in [0, 0.05) is 5.56 Å². The average molecular weight is 384 g/mol. The highest BCUT2D eigenvalue weighted by Crippen LogP contribution is 2.27. The Morgan fingerprint density at radius 2 is 1.66 bits per heavy atom. The predicted molar refractivity (Wildman–Crippen MR) is 117 cm³/mol. The molecular weight excluding hydrogens is 363 g/mol. The Kier molecular flexibility index (Phi) is 5.52. The molecule has 0 aliphatic heterocycles. The van der Waals surface area contributed by atoms with E-state index in [0.717, 1.165) is 33.3 Å². The van der Waals surface area contributed by atoms with Gasteiger partial charge in [0.25, 0.3) is 0 Å². The molecule has 3 nitrogen and oxygen atoms in total. The quantitative estimate of drug-likeness (QED) is 0.312. The van der Waals surface area contributed by atoms with E-state index in [1.54, 1.807) is 18.3 Å². The van der Waals surface area contributed by atoms with Crippen molar-refractivity contribution in [2.75, 3.05) is 5.43 Å². The number of benzene rings is 4. The van der Waals surface area contributed by atoms with Crippen molar-refractivity contribution in [1.29, 1.82) is 0 Å². The van der Waals surface area contributed by atoms with Gasteiger partial charge in [-0.15, -0.1) is 0 Å². The van der Waals surface area contributed by atoms with Gasteiger partial charge in [0.1, 0.15) is 18.2 Å². The summed E-state index contributed by atoms with van der Waals surface area (Å²) in [6.45, 7) is 2.40. The van der Waals surface area contributed by atoms with Crippen LogP contribution < -0.4 is 10.2 Å². The zero-order valence-corrected chi connectivity index (χ0v) is 16.1. The minimum absolute atomic E-state index is 0.255. The normalized spacial score (nSPS) is 11.1. The second kappa shape index (κ2) is 8.57. The third kappa shape index (κ3) is 4.61. The van der Waals surface area contributed by atoms with Crippen molar-refractivity contribution in [2.45, 2.75) is 13.5 Å². The lowest BCUT2D eigenvalue weighted by Gasteiger charge is -2.12. The molecule has 4 heteroatoms. The fourth-order valence-corrected chi connectivity index (χ4v) is 3.08. The first-order chi connectivity index (χ1) is 14.2. The van der Waals surface area contributed by atoms with Crippen molar-refractivity contribution in [1.82, 2.24) is 0 Å². The number of hydrogen-bond acceptors (Lipinski definition) is 3. The number of hydrogen-bond donors (Lipinski definition) is 1. The van der Waals surface area contributed by atoms with Crippen LogP contribution in [0.15, 0.2) is 90.0 Å². The lowest BCUT2D eigenvalue weighted by Crippen LogP contribution is -2.00. The zero-order valence-electron chi connectivity index (χ0n) is 16.1. The summed E-state index contributed by atoms with van der Waals surface area (Å²) in [6, 6.07) is 26.5. The van der Waals surface area contributed by atoms with Crippen LogP contribution in [0.1, 0.15) is 16.7 Å². The third-order valence-electron chi connectivity index (χ3n) is 4.68. The number of rotatable bonds is 6. The van der Waals surface area contributed by atoms with Crippen molar-refractivity contribution in [2.24, 2.45) is 5.10 Å². The van der Waals surface area contributed by atoms with E-state index >= 15 is 0 Å². The number of fused-ring (bicyclic) bond motifs is 1. The molecule has 144 valence electrons. The predicted octanol–water partition coefficient (Wildman–Crippen LogP) is 6.31. The van der Waals surface area contributed by atoms with Crippen molar-refractivity contribution < 1.29 is 9.13 Å². The van der Waals surface area contributed by atoms with Gasteiger partial charge in [-0.1, -0.05) is 60.2 Å². The maximum absolute atomic E-state index is 13.1. The van der Waals surface area contributed by atoms with E-state index in [-0.39, 0.29) is 5.82 Å². The summed E-state index contributed by atoms with van der Waals surface area (Å²) in [5, 5.41) is 6.58. The minimum atomic E-state index is -0.255. The van der Waals surface area contributed by atoms with Gasteiger partial charge in [0.05, 0.1) is 11.9 Å². The van der Waals surface area contributed by atoms with E-state index in [0.29, 0.717) is 6.61 Å². The number of hydrazone groups is 1. The molecule has 0 radical (unpaired) electrons. The summed E-state index contributed by atoms with van der Waals surface area (Å²) in [5.74, 6) is 0.469. The molecule has 4 aromatic carbocycles. The molecule has 0 aliphatic carbocycles. The molecule has 0 atom stereocenters. The Morgan fingerprint density at radius 1 is 0.897 bits per heavy atom. The van der Waals surface area contributed by atoms with Crippen LogP contribution in [0.2, 0.25) is 0 Å². The van der Waals surface area contributed by atoms with Crippen LogP contribution in [0.5, 0.6) is 5.75 Å². The van der Waals surface area contributed by atoms with Crippen molar-refractivity contribution in [3.05, 3.63) is 107 Å². The van der Waals surface area contributed by atoms with Gasteiger partial charge in [0.2, 0.25) is 0 Å². The molecule has 0 bridgehead atoms. The van der Waals surface area contributed by atoms with Crippen LogP contribution in [0, 0.1) is 12.7 Å². The maximum atomic E-state index is 13.1. The van der Waals surface area contributed by atoms with Crippen LogP contribution in [0.25, 0.3) is 10.8 Å². The summed E-state index contributed by atoms with van der Waals surface area (Å²) in [6.07, 6.45) is 1.78. The van der Waals surface area contributed by atoms with E-state index in [1.165, 1.54) is 17.7 Å². The Labute approximate surface area is 169 Å². The standard InChI is InChI=1S/C25H21FN2O/c1-18-6-13-22(14-7-18)28-27-16-24-23-5-3-2-4-20(23)10-15-25(24)29-17-19-8-11-21(26)12-9-19/h2-16,28H,17H2,1H3. The monoisotopic (exact) mass is 384 g/mol. The number of anilines is 1. The van der Waals surface area contributed by atoms with Crippen LogP contribution >= 0.6 is 0 Å². The van der Waals surface area contributed by atoms with Gasteiger partial charge in [0.15, 0.2) is 0 Å². The average Bonchev–Trinajstić information content (AvgIpc) is 2.75. The highest BCUT2D eigenvalue weighted by Gasteiger charge is 2.08. The van der Waals surface area contributed by atoms with Gasteiger partial charge in [-0.25, -0.2) is 4.39 Å². The van der Waals surface area contributed by atoms with Crippen molar-refractivity contribution in [3.8, 4) is 5.75 Å². The Morgan fingerprint density at radius 3 is 2.45 bits per heavy atom. The highest BCUT2D eigenvalue weighted by molar-refractivity contribution is 6.02. The fraction of sp³-hybridized carbons (Fsp3) is 0.0800. The molecule has 0 unspecified atom stereocenters. The number of nitrogens with one attached hydrogen (secondary N) is 1. The smallest absolute Gasteiger partial charge is 0.129 e. The summed E-state index contributed by atoms with van der Waals surface area (Å²) in [4.78, 5) is 0. The molecule has 0 saturated heterocycles. The Bertz CT molecular complexity index is 1140. The van der Waals surface area contributed by atoms with E-state index < -0.39 is 0 Å².